The molecule has 0 aliphatic heterocycles. The first-order valence-corrected chi connectivity index (χ1v) is 9.57. The van der Waals surface area contributed by atoms with Crippen molar-refractivity contribution in [2.75, 3.05) is 0 Å². The third-order valence-electron chi connectivity index (χ3n) is 4.93. The molecule has 0 bridgehead atoms. The van der Waals surface area contributed by atoms with Gasteiger partial charge >= 0.3 is 17.1 Å². The molecule has 3 nitrogen and oxygen atoms in total. The fourth-order valence-corrected chi connectivity index (χ4v) is 3.25. The van der Waals surface area contributed by atoms with Gasteiger partial charge in [0.25, 0.3) is 0 Å². The summed E-state index contributed by atoms with van der Waals surface area (Å²) in [6, 6.07) is 18.5. The second-order valence-electron chi connectivity index (χ2n) is 7.28. The van der Waals surface area contributed by atoms with Gasteiger partial charge in [-0.25, -0.2) is 4.98 Å². The Balaban J connectivity index is 0.00000300. The van der Waals surface area contributed by atoms with Crippen LogP contribution in [0.25, 0.3) is 0 Å². The predicted octanol–water partition coefficient (Wildman–Crippen LogP) is 7.49. The van der Waals surface area contributed by atoms with Gasteiger partial charge in [-0.2, -0.15) is 0 Å². The van der Waals surface area contributed by atoms with E-state index in [1.54, 1.807) is 0 Å². The van der Waals surface area contributed by atoms with Crippen molar-refractivity contribution in [1.82, 2.24) is 4.98 Å². The molecule has 0 saturated carbocycles. The fraction of sp³-hybridized carbons (Fsp3) is 0.222. The number of aryl methyl sites for hydroxylation is 4. The predicted molar refractivity (Wildman–Crippen MR) is 133 cm³/mol. The molecule has 0 aliphatic rings. The summed E-state index contributed by atoms with van der Waals surface area (Å²) in [5, 5.41) is 0. The average Bonchev–Trinajstić information content (AvgIpc) is 2.67. The minimum atomic E-state index is 0. The fourth-order valence-electron chi connectivity index (χ4n) is 3.25. The first-order chi connectivity index (χ1) is 13.4. The van der Waals surface area contributed by atoms with Crippen molar-refractivity contribution in [3.8, 4) is 0 Å². The summed E-state index contributed by atoms with van der Waals surface area (Å²) in [5.74, 6) is 0. The minimum absolute atomic E-state index is 0. The summed E-state index contributed by atoms with van der Waals surface area (Å²) in [7, 11) is 0. The number of aliphatic imine (C=N–C) groups is 2. The van der Waals surface area contributed by atoms with E-state index in [0.29, 0.717) is 0 Å². The van der Waals surface area contributed by atoms with Gasteiger partial charge in [-0.05, 0) is 75.9 Å². The number of hydrogen-bond acceptors (Lipinski definition) is 3. The van der Waals surface area contributed by atoms with Crippen molar-refractivity contribution in [2.24, 2.45) is 9.98 Å². The van der Waals surface area contributed by atoms with Gasteiger partial charge in [0.15, 0.2) is 0 Å². The van der Waals surface area contributed by atoms with Crippen molar-refractivity contribution in [2.45, 2.75) is 41.5 Å². The Hall–Kier alpha value is -2.55. The van der Waals surface area contributed by atoms with Crippen molar-refractivity contribution in [1.29, 1.82) is 0 Å². The van der Waals surface area contributed by atoms with Gasteiger partial charge in [-0.1, -0.05) is 42.5 Å². The summed E-state index contributed by atoms with van der Waals surface area (Å²) >= 11 is 0. The molecule has 2 aromatic carbocycles. The average molecular weight is 455 g/mol. The second kappa shape index (κ2) is 12.3. The molecule has 0 N–H and O–H groups in total. The molecule has 0 aliphatic carbocycles. The normalized spacial score (nSPS) is 11.2. The van der Waals surface area contributed by atoms with Crippen LogP contribution in [-0.4, -0.2) is 16.4 Å². The standard InChI is InChI=1S/C25H27N3.2CH3.Fe/c1-16-10-7-11-17(2)24(16)26-20(5)22-14-9-15-23(28-22)21(6)27-25-18(3)12-8-13-19(25)4;;;/h7-15H,1-6H3;2*1H3;/q;2*-1;+2. The number of rotatable bonds is 4. The number of para-hydroxylation sites is 2. The number of aromatic nitrogens is 1. The SMILES string of the molecule is CC(=Nc1c(C)cccc1C)c1cccc(C(C)=Nc2c(C)cccc2C)n1.[CH3-].[CH3-].[Fe+2]. The van der Waals surface area contributed by atoms with Crippen LogP contribution in [0.2, 0.25) is 0 Å². The maximum atomic E-state index is 4.86. The molecule has 0 radical (unpaired) electrons. The molecule has 3 aromatic rings. The molecular weight excluding hydrogens is 422 g/mol. The Morgan fingerprint density at radius 1 is 0.581 bits per heavy atom. The van der Waals surface area contributed by atoms with E-state index in [9.17, 15) is 0 Å². The molecule has 0 atom stereocenters. The smallest absolute Gasteiger partial charge is 0.358 e. The van der Waals surface area contributed by atoms with Crippen LogP contribution in [0.3, 0.4) is 0 Å². The van der Waals surface area contributed by atoms with Crippen molar-refractivity contribution in [3.63, 3.8) is 0 Å². The maximum Gasteiger partial charge on any atom is 2.00 e. The zero-order chi connectivity index (χ0) is 20.3. The maximum absolute atomic E-state index is 4.86. The Morgan fingerprint density at radius 2 is 0.871 bits per heavy atom. The molecule has 0 unspecified atom stereocenters. The number of benzene rings is 2. The molecule has 164 valence electrons. The summed E-state index contributed by atoms with van der Waals surface area (Å²) < 4.78 is 0. The molecule has 4 heteroatoms. The Kier molecular flexibility index (Phi) is 11.3. The van der Waals surface area contributed by atoms with Gasteiger partial charge in [0.2, 0.25) is 0 Å². The van der Waals surface area contributed by atoms with Crippen LogP contribution in [0.4, 0.5) is 11.4 Å². The van der Waals surface area contributed by atoms with Crippen molar-refractivity contribution >= 4 is 22.8 Å². The number of nitrogens with zero attached hydrogens (tertiary/aromatic N) is 3. The van der Waals surface area contributed by atoms with Crippen LogP contribution in [0.15, 0.2) is 64.6 Å². The largest absolute Gasteiger partial charge is 2.00 e. The van der Waals surface area contributed by atoms with Gasteiger partial charge < -0.3 is 14.9 Å². The topological polar surface area (TPSA) is 37.6 Å². The zero-order valence-electron chi connectivity index (χ0n) is 19.9. The molecule has 3 rings (SSSR count). The summed E-state index contributed by atoms with van der Waals surface area (Å²) in [6.07, 6.45) is 0. The van der Waals surface area contributed by atoms with Crippen LogP contribution in [-0.2, 0) is 17.1 Å². The van der Waals surface area contributed by atoms with E-state index in [2.05, 4.69) is 64.1 Å². The quantitative estimate of drug-likeness (QED) is 0.228. The van der Waals surface area contributed by atoms with E-state index in [1.165, 1.54) is 22.3 Å². The second-order valence-corrected chi connectivity index (χ2v) is 7.28. The third kappa shape index (κ3) is 6.72. The third-order valence-corrected chi connectivity index (χ3v) is 4.93. The van der Waals surface area contributed by atoms with Gasteiger partial charge in [-0.3, -0.25) is 9.98 Å². The minimum Gasteiger partial charge on any atom is -0.358 e. The Morgan fingerprint density at radius 3 is 1.19 bits per heavy atom. The van der Waals surface area contributed by atoms with E-state index >= 15 is 0 Å². The van der Waals surface area contributed by atoms with Crippen LogP contribution in [0.5, 0.6) is 0 Å². The van der Waals surface area contributed by atoms with Gasteiger partial charge in [0, 0.05) is 0 Å². The summed E-state index contributed by atoms with van der Waals surface area (Å²) in [6.45, 7) is 12.4. The van der Waals surface area contributed by atoms with Gasteiger partial charge in [0.1, 0.15) is 0 Å². The van der Waals surface area contributed by atoms with E-state index in [-0.39, 0.29) is 31.9 Å². The molecule has 0 saturated heterocycles. The molecule has 31 heavy (non-hydrogen) atoms. The van der Waals surface area contributed by atoms with E-state index in [1.807, 2.05) is 32.0 Å². The molecule has 0 fully saturated rings. The van der Waals surface area contributed by atoms with Crippen LogP contribution < -0.4 is 0 Å². The van der Waals surface area contributed by atoms with E-state index in [4.69, 9.17) is 15.0 Å². The molecule has 1 heterocycles. The molecular formula is C27H33FeN3. The first-order valence-electron chi connectivity index (χ1n) is 9.57. The van der Waals surface area contributed by atoms with Gasteiger partial charge in [-0.15, -0.1) is 0 Å². The van der Waals surface area contributed by atoms with Crippen LogP contribution >= 0.6 is 0 Å². The van der Waals surface area contributed by atoms with Crippen molar-refractivity contribution < 1.29 is 17.1 Å². The van der Waals surface area contributed by atoms with Crippen LogP contribution in [0.1, 0.15) is 47.5 Å². The van der Waals surface area contributed by atoms with Crippen LogP contribution in [0, 0.1) is 42.5 Å². The summed E-state index contributed by atoms with van der Waals surface area (Å²) in [4.78, 5) is 14.5. The Bertz CT molecular complexity index is 958. The van der Waals surface area contributed by atoms with E-state index in [0.717, 1.165) is 34.2 Å². The molecule has 0 amide bonds. The monoisotopic (exact) mass is 455 g/mol. The molecule has 0 spiro atoms. The van der Waals surface area contributed by atoms with Gasteiger partial charge in [0.05, 0.1) is 34.2 Å². The number of pyridine rings is 1. The zero-order valence-corrected chi connectivity index (χ0v) is 21.0. The molecule has 1 aromatic heterocycles. The Labute approximate surface area is 199 Å². The first kappa shape index (κ1) is 28.4. The number of hydrogen-bond donors (Lipinski definition) is 0. The van der Waals surface area contributed by atoms with E-state index < -0.39 is 0 Å². The summed E-state index contributed by atoms with van der Waals surface area (Å²) in [5.41, 5.74) is 10.3. The van der Waals surface area contributed by atoms with Crippen molar-refractivity contribution in [3.05, 3.63) is 103 Å².